The number of methoxy groups -OCH3 is 1. The van der Waals surface area contributed by atoms with Crippen LogP contribution in [-0.4, -0.2) is 33.0 Å². The predicted octanol–water partition coefficient (Wildman–Crippen LogP) is 4.64. The van der Waals surface area contributed by atoms with Crippen molar-refractivity contribution < 1.29 is 19.0 Å². The number of phenols is 1. The third-order valence-corrected chi connectivity index (χ3v) is 5.31. The molecule has 0 radical (unpaired) electrons. The van der Waals surface area contributed by atoms with E-state index in [4.69, 9.17) is 4.74 Å². The Hall–Kier alpha value is -4.00. The normalized spacial score (nSPS) is 11.8. The van der Waals surface area contributed by atoms with Crippen LogP contribution in [0.5, 0.6) is 11.5 Å². The average molecular weight is 431 g/mol. The molecule has 1 aromatic heterocycles. The number of benzene rings is 3. The number of halogens is 1. The van der Waals surface area contributed by atoms with E-state index in [-0.39, 0.29) is 23.5 Å². The number of carbonyl (C=O) groups is 1. The summed E-state index contributed by atoms with van der Waals surface area (Å²) in [6.45, 7) is 2.00. The average Bonchev–Trinajstić information content (AvgIpc) is 3.27. The Kier molecular flexibility index (Phi) is 5.98. The van der Waals surface area contributed by atoms with Crippen molar-refractivity contribution in [2.45, 2.75) is 19.3 Å². The topological polar surface area (TPSA) is 77.2 Å². The van der Waals surface area contributed by atoms with E-state index < -0.39 is 11.7 Å². The fraction of sp³-hybridized carbons (Fsp3) is 0.160. The molecule has 0 spiro atoms. The van der Waals surface area contributed by atoms with Gasteiger partial charge in [0.2, 0.25) is 0 Å². The highest BCUT2D eigenvalue weighted by Gasteiger charge is 2.26. The van der Waals surface area contributed by atoms with Crippen LogP contribution in [0.15, 0.2) is 72.9 Å². The summed E-state index contributed by atoms with van der Waals surface area (Å²) in [6, 6.07) is 18.1. The molecule has 1 heterocycles. The quantitative estimate of drug-likeness (QED) is 0.432. The molecule has 1 unspecified atom stereocenters. The molecule has 0 fully saturated rings. The lowest BCUT2D eigenvalue weighted by Gasteiger charge is -2.16. The van der Waals surface area contributed by atoms with Crippen molar-refractivity contribution in [2.24, 2.45) is 0 Å². The zero-order valence-corrected chi connectivity index (χ0v) is 17.7. The Balaban J connectivity index is 1.67. The van der Waals surface area contributed by atoms with Crippen molar-refractivity contribution in [1.82, 2.24) is 15.0 Å². The second kappa shape index (κ2) is 9.01. The number of hydrogen-bond donors (Lipinski definition) is 1. The van der Waals surface area contributed by atoms with Crippen LogP contribution in [0.3, 0.4) is 0 Å². The van der Waals surface area contributed by atoms with Gasteiger partial charge in [0.1, 0.15) is 17.3 Å². The maximum Gasteiger partial charge on any atom is 0.174 e. The standard InChI is InChI=1S/C25H22FN3O3/c1-16-3-9-20(10-4-16)29-15-19(27-28-29)13-23(17-5-7-18(26)8-6-17)25(31)22-12-11-21(32-2)14-24(22)30/h3-12,14-15,23,30H,13H2,1-2H3. The molecule has 0 saturated carbocycles. The second-order valence-corrected chi connectivity index (χ2v) is 7.55. The number of phenolic OH excluding ortho intramolecular Hbond substituents is 1. The zero-order chi connectivity index (χ0) is 22.7. The molecular formula is C25H22FN3O3. The van der Waals surface area contributed by atoms with E-state index in [0.717, 1.165) is 11.3 Å². The second-order valence-electron chi connectivity index (χ2n) is 7.55. The van der Waals surface area contributed by atoms with Gasteiger partial charge in [-0.25, -0.2) is 9.07 Å². The summed E-state index contributed by atoms with van der Waals surface area (Å²) in [7, 11) is 1.48. The lowest BCUT2D eigenvalue weighted by atomic mass is 9.86. The number of aryl methyl sites for hydroxylation is 1. The molecule has 0 bridgehead atoms. The van der Waals surface area contributed by atoms with Gasteiger partial charge in [0.15, 0.2) is 5.78 Å². The van der Waals surface area contributed by atoms with Crippen LogP contribution < -0.4 is 4.74 Å². The summed E-state index contributed by atoms with van der Waals surface area (Å²) in [5.74, 6) is -1.11. The molecule has 0 aliphatic heterocycles. The molecule has 7 heteroatoms. The van der Waals surface area contributed by atoms with E-state index in [2.05, 4.69) is 10.3 Å². The molecule has 4 aromatic rings. The van der Waals surface area contributed by atoms with E-state index >= 15 is 0 Å². The largest absolute Gasteiger partial charge is 0.507 e. The van der Waals surface area contributed by atoms with Crippen LogP contribution in [0.25, 0.3) is 5.69 Å². The number of ketones is 1. The van der Waals surface area contributed by atoms with Gasteiger partial charge in [0.25, 0.3) is 0 Å². The van der Waals surface area contributed by atoms with Gasteiger partial charge in [0.05, 0.1) is 36.2 Å². The number of rotatable bonds is 7. The summed E-state index contributed by atoms with van der Waals surface area (Å²) in [6.07, 6.45) is 2.00. The minimum absolute atomic E-state index is 0.158. The summed E-state index contributed by atoms with van der Waals surface area (Å²) < 4.78 is 20.2. The van der Waals surface area contributed by atoms with Crippen molar-refractivity contribution >= 4 is 5.78 Å². The van der Waals surface area contributed by atoms with E-state index in [0.29, 0.717) is 17.0 Å². The molecule has 162 valence electrons. The van der Waals surface area contributed by atoms with Crippen molar-refractivity contribution in [1.29, 1.82) is 0 Å². The van der Waals surface area contributed by atoms with Gasteiger partial charge < -0.3 is 9.84 Å². The molecular weight excluding hydrogens is 409 g/mol. The third kappa shape index (κ3) is 4.51. The van der Waals surface area contributed by atoms with Gasteiger partial charge in [-0.2, -0.15) is 0 Å². The van der Waals surface area contributed by atoms with Crippen LogP contribution in [0.1, 0.15) is 33.1 Å². The molecule has 0 aliphatic carbocycles. The van der Waals surface area contributed by atoms with E-state index in [1.54, 1.807) is 29.1 Å². The minimum atomic E-state index is -0.682. The van der Waals surface area contributed by atoms with Crippen LogP contribution in [-0.2, 0) is 6.42 Å². The van der Waals surface area contributed by atoms with Gasteiger partial charge in [-0.15, -0.1) is 5.10 Å². The molecule has 1 atom stereocenters. The summed E-state index contributed by atoms with van der Waals surface area (Å²) in [5, 5.41) is 18.8. The van der Waals surface area contributed by atoms with Gasteiger partial charge in [-0.1, -0.05) is 35.0 Å². The molecule has 32 heavy (non-hydrogen) atoms. The van der Waals surface area contributed by atoms with Gasteiger partial charge >= 0.3 is 0 Å². The van der Waals surface area contributed by atoms with Gasteiger partial charge in [-0.05, 0) is 48.9 Å². The number of hydrogen-bond acceptors (Lipinski definition) is 5. The summed E-state index contributed by atoms with van der Waals surface area (Å²) in [4.78, 5) is 13.4. The van der Waals surface area contributed by atoms with Gasteiger partial charge in [0, 0.05) is 12.5 Å². The molecule has 0 aliphatic rings. The number of aromatic hydroxyl groups is 1. The van der Waals surface area contributed by atoms with Gasteiger partial charge in [-0.3, -0.25) is 4.79 Å². The Labute approximate surface area is 184 Å². The summed E-state index contributed by atoms with van der Waals surface area (Å²) >= 11 is 0. The molecule has 3 aromatic carbocycles. The monoisotopic (exact) mass is 431 g/mol. The first kappa shape index (κ1) is 21.2. The first-order chi connectivity index (χ1) is 15.4. The molecule has 0 saturated heterocycles. The predicted molar refractivity (Wildman–Crippen MR) is 118 cm³/mol. The molecule has 1 N–H and O–H groups in total. The maximum atomic E-state index is 13.5. The molecule has 0 amide bonds. The smallest absolute Gasteiger partial charge is 0.174 e. The van der Waals surface area contributed by atoms with Crippen molar-refractivity contribution in [3.05, 3.63) is 101 Å². The first-order valence-corrected chi connectivity index (χ1v) is 10.1. The van der Waals surface area contributed by atoms with Crippen molar-refractivity contribution in [3.8, 4) is 17.2 Å². The number of ether oxygens (including phenoxy) is 1. The highest BCUT2D eigenvalue weighted by atomic mass is 19.1. The third-order valence-electron chi connectivity index (χ3n) is 5.31. The van der Waals surface area contributed by atoms with Crippen molar-refractivity contribution in [3.63, 3.8) is 0 Å². The zero-order valence-electron chi connectivity index (χ0n) is 17.7. The molecule has 4 rings (SSSR count). The molecule has 6 nitrogen and oxygen atoms in total. The lowest BCUT2D eigenvalue weighted by molar-refractivity contribution is 0.0955. The SMILES string of the molecule is COc1ccc(C(=O)C(Cc2cn(-c3ccc(C)cc3)nn2)c2ccc(F)cc2)c(O)c1. The Morgan fingerprint density at radius 2 is 1.81 bits per heavy atom. The van der Waals surface area contributed by atoms with E-state index in [9.17, 15) is 14.3 Å². The van der Waals surface area contributed by atoms with E-state index in [1.807, 2.05) is 31.2 Å². The Morgan fingerprint density at radius 3 is 2.47 bits per heavy atom. The number of carbonyl (C=O) groups excluding carboxylic acids is 1. The first-order valence-electron chi connectivity index (χ1n) is 10.1. The highest BCUT2D eigenvalue weighted by molar-refractivity contribution is 6.03. The van der Waals surface area contributed by atoms with Crippen LogP contribution >= 0.6 is 0 Å². The number of Topliss-reactive ketones (excluding diaryl/α,β-unsaturated/α-hetero) is 1. The lowest BCUT2D eigenvalue weighted by Crippen LogP contribution is -2.16. The van der Waals surface area contributed by atoms with Crippen LogP contribution in [0, 0.1) is 12.7 Å². The number of aromatic nitrogens is 3. The minimum Gasteiger partial charge on any atom is -0.507 e. The summed E-state index contributed by atoms with van der Waals surface area (Å²) in [5.41, 5.74) is 3.37. The Bertz CT molecular complexity index is 1230. The Morgan fingerprint density at radius 1 is 1.09 bits per heavy atom. The van der Waals surface area contributed by atoms with Crippen LogP contribution in [0.2, 0.25) is 0 Å². The maximum absolute atomic E-state index is 13.5. The fourth-order valence-electron chi connectivity index (χ4n) is 3.52. The fourth-order valence-corrected chi connectivity index (χ4v) is 3.52. The number of nitrogens with zero attached hydrogens (tertiary/aromatic N) is 3. The van der Waals surface area contributed by atoms with Crippen molar-refractivity contribution in [2.75, 3.05) is 7.11 Å². The highest BCUT2D eigenvalue weighted by Crippen LogP contribution is 2.31. The van der Waals surface area contributed by atoms with Crippen LogP contribution in [0.4, 0.5) is 4.39 Å². The van der Waals surface area contributed by atoms with E-state index in [1.165, 1.54) is 31.4 Å².